The normalized spacial score (nSPS) is 24.7. The van der Waals surface area contributed by atoms with Crippen molar-refractivity contribution >= 4 is 17.5 Å². The van der Waals surface area contributed by atoms with Crippen molar-refractivity contribution in [1.29, 1.82) is 0 Å². The second-order valence-electron chi connectivity index (χ2n) is 11.9. The monoisotopic (exact) mass is 513 g/mol. The summed E-state index contributed by atoms with van der Waals surface area (Å²) < 4.78 is 6.55. The third kappa shape index (κ3) is 7.26. The van der Waals surface area contributed by atoms with Crippen LogP contribution in [-0.2, 0) is 4.79 Å². The average Bonchev–Trinajstić information content (AvgIpc) is 2.91. The van der Waals surface area contributed by atoms with Crippen LogP contribution in [0.2, 0.25) is 0 Å². The van der Waals surface area contributed by atoms with Gasteiger partial charge in [0.25, 0.3) is 5.91 Å². The van der Waals surface area contributed by atoms with Crippen LogP contribution >= 0.6 is 0 Å². The van der Waals surface area contributed by atoms with Gasteiger partial charge in [0.2, 0.25) is 5.91 Å². The molecule has 1 aliphatic heterocycles. The highest BCUT2D eigenvalue weighted by Crippen LogP contribution is 2.32. The van der Waals surface area contributed by atoms with E-state index in [4.69, 9.17) is 4.74 Å². The average molecular weight is 514 g/mol. The van der Waals surface area contributed by atoms with E-state index >= 15 is 0 Å². The highest BCUT2D eigenvalue weighted by Gasteiger charge is 2.34. The van der Waals surface area contributed by atoms with E-state index in [0.29, 0.717) is 23.5 Å². The number of carbonyl (C=O) groups excluding carboxylic acids is 2. The molecular weight excluding hydrogens is 466 g/mol. The molecule has 3 aliphatic rings. The number of hydrogen-bond acceptors (Lipinski definition) is 5. The lowest BCUT2D eigenvalue weighted by molar-refractivity contribution is -0.120. The molecule has 7 nitrogen and oxygen atoms in total. The Morgan fingerprint density at radius 3 is 2.46 bits per heavy atom. The third-order valence-electron chi connectivity index (χ3n) is 8.69. The molecule has 7 heteroatoms. The maximum atomic E-state index is 13.7. The van der Waals surface area contributed by atoms with E-state index in [1.807, 2.05) is 19.1 Å². The van der Waals surface area contributed by atoms with E-state index in [2.05, 4.69) is 24.2 Å². The highest BCUT2D eigenvalue weighted by molar-refractivity contribution is 6.00. The van der Waals surface area contributed by atoms with Gasteiger partial charge in [-0.2, -0.15) is 0 Å². The number of carbonyl (C=O) groups is 2. The van der Waals surface area contributed by atoms with Gasteiger partial charge in [0.15, 0.2) is 0 Å². The minimum Gasteiger partial charge on any atom is -0.488 e. The van der Waals surface area contributed by atoms with Crippen molar-refractivity contribution in [3.8, 4) is 5.75 Å². The van der Waals surface area contributed by atoms with Crippen molar-refractivity contribution in [2.75, 3.05) is 38.6 Å². The van der Waals surface area contributed by atoms with Crippen LogP contribution in [0.25, 0.3) is 0 Å². The lowest BCUT2D eigenvalue weighted by Gasteiger charge is -2.38. The van der Waals surface area contributed by atoms with Gasteiger partial charge in [-0.3, -0.25) is 9.59 Å². The molecule has 0 unspecified atom stereocenters. The van der Waals surface area contributed by atoms with Crippen LogP contribution in [-0.4, -0.2) is 72.2 Å². The zero-order valence-corrected chi connectivity index (χ0v) is 23.1. The summed E-state index contributed by atoms with van der Waals surface area (Å²) in [4.78, 5) is 30.7. The maximum absolute atomic E-state index is 13.7. The molecule has 2 fully saturated rings. The van der Waals surface area contributed by atoms with Crippen molar-refractivity contribution in [1.82, 2.24) is 9.80 Å². The SMILES string of the molecule is C[C@@H]1CN([C@@H](C)CO)C(=O)c2cc(NC(=O)C3CCCCC3)ccc2O[C@@H]1CN(C)CC1CCCCC1. The molecule has 1 heterocycles. The van der Waals surface area contributed by atoms with E-state index in [9.17, 15) is 14.7 Å². The van der Waals surface area contributed by atoms with E-state index in [-0.39, 0.29) is 42.4 Å². The van der Waals surface area contributed by atoms with Gasteiger partial charge in [-0.15, -0.1) is 0 Å². The van der Waals surface area contributed by atoms with Crippen molar-refractivity contribution in [3.05, 3.63) is 23.8 Å². The number of aliphatic hydroxyl groups excluding tert-OH is 1. The number of benzene rings is 1. The lowest BCUT2D eigenvalue weighted by atomic mass is 9.88. The van der Waals surface area contributed by atoms with Gasteiger partial charge in [-0.25, -0.2) is 0 Å². The van der Waals surface area contributed by atoms with Crippen molar-refractivity contribution in [2.24, 2.45) is 17.8 Å². The third-order valence-corrected chi connectivity index (χ3v) is 8.69. The lowest BCUT2D eigenvalue weighted by Crippen LogP contribution is -2.50. The number of likely N-dealkylation sites (N-methyl/N-ethyl adjacent to an activating group) is 1. The minimum absolute atomic E-state index is 0.0373. The van der Waals surface area contributed by atoms with Gasteiger partial charge in [0, 0.05) is 37.2 Å². The predicted octanol–water partition coefficient (Wildman–Crippen LogP) is 4.94. The molecule has 3 atom stereocenters. The van der Waals surface area contributed by atoms with Crippen molar-refractivity contribution in [3.63, 3.8) is 0 Å². The number of fused-ring (bicyclic) bond motifs is 1. The van der Waals surface area contributed by atoms with Crippen LogP contribution < -0.4 is 10.1 Å². The topological polar surface area (TPSA) is 82.1 Å². The van der Waals surface area contributed by atoms with Crippen LogP contribution in [0.3, 0.4) is 0 Å². The Balaban J connectivity index is 1.53. The molecule has 37 heavy (non-hydrogen) atoms. The first-order valence-corrected chi connectivity index (χ1v) is 14.6. The number of hydrogen-bond donors (Lipinski definition) is 2. The van der Waals surface area contributed by atoms with E-state index < -0.39 is 0 Å². The summed E-state index contributed by atoms with van der Waals surface area (Å²) in [5.74, 6) is 1.32. The Bertz CT molecular complexity index is 910. The quantitative estimate of drug-likeness (QED) is 0.515. The summed E-state index contributed by atoms with van der Waals surface area (Å²) in [6, 6.07) is 5.13. The molecular formula is C30H47N3O4. The standard InChI is InChI=1S/C30H47N3O4/c1-21-17-33(22(2)20-34)30(36)26-16-25(31-29(35)24-12-8-5-9-13-24)14-15-27(26)37-28(21)19-32(3)18-23-10-6-4-7-11-23/h14-16,21-24,28,34H,4-13,17-20H2,1-3H3,(H,31,35)/t21-,22+,28-/m1/s1. The summed E-state index contributed by atoms with van der Waals surface area (Å²) in [6.07, 6.45) is 11.8. The number of aliphatic hydroxyl groups is 1. The van der Waals surface area contributed by atoms with E-state index in [0.717, 1.165) is 44.7 Å². The first-order valence-electron chi connectivity index (χ1n) is 14.6. The molecule has 206 valence electrons. The smallest absolute Gasteiger partial charge is 0.258 e. The molecule has 2 N–H and O–H groups in total. The van der Waals surface area contributed by atoms with Crippen molar-refractivity contribution < 1.29 is 19.4 Å². The van der Waals surface area contributed by atoms with Gasteiger partial charge in [0.1, 0.15) is 11.9 Å². The Kier molecular flexibility index (Phi) is 9.88. The molecule has 1 aromatic carbocycles. The molecule has 0 radical (unpaired) electrons. The molecule has 0 bridgehead atoms. The predicted molar refractivity (Wildman–Crippen MR) is 147 cm³/mol. The summed E-state index contributed by atoms with van der Waals surface area (Å²) in [5.41, 5.74) is 1.08. The fraction of sp³-hybridized carbons (Fsp3) is 0.733. The molecule has 0 spiro atoms. The van der Waals surface area contributed by atoms with Crippen LogP contribution in [0.5, 0.6) is 5.75 Å². The van der Waals surface area contributed by atoms with Gasteiger partial charge < -0.3 is 25.0 Å². The van der Waals surface area contributed by atoms with Crippen LogP contribution in [0.1, 0.15) is 88.4 Å². The number of nitrogens with zero attached hydrogens (tertiary/aromatic N) is 2. The van der Waals surface area contributed by atoms with Gasteiger partial charge in [-0.05, 0) is 63.8 Å². The van der Waals surface area contributed by atoms with Gasteiger partial charge in [0.05, 0.1) is 18.2 Å². The molecule has 2 aliphatic carbocycles. The number of nitrogens with one attached hydrogen (secondary N) is 1. The van der Waals surface area contributed by atoms with Crippen LogP contribution in [0.4, 0.5) is 5.69 Å². The van der Waals surface area contributed by atoms with Gasteiger partial charge >= 0.3 is 0 Å². The second-order valence-corrected chi connectivity index (χ2v) is 11.9. The summed E-state index contributed by atoms with van der Waals surface area (Å²) >= 11 is 0. The molecule has 4 rings (SSSR count). The second kappa shape index (κ2) is 13.1. The zero-order chi connectivity index (χ0) is 26.4. The number of rotatable bonds is 8. The number of ether oxygens (including phenoxy) is 1. The maximum Gasteiger partial charge on any atom is 0.258 e. The van der Waals surface area contributed by atoms with E-state index in [1.54, 1.807) is 11.0 Å². The van der Waals surface area contributed by atoms with Gasteiger partial charge in [-0.1, -0.05) is 45.4 Å². The van der Waals surface area contributed by atoms with E-state index in [1.165, 1.54) is 38.5 Å². The Morgan fingerprint density at radius 1 is 1.11 bits per heavy atom. The fourth-order valence-electron chi connectivity index (χ4n) is 6.32. The molecule has 0 saturated heterocycles. The first-order chi connectivity index (χ1) is 17.9. The number of amides is 2. The fourth-order valence-corrected chi connectivity index (χ4v) is 6.32. The van der Waals surface area contributed by atoms with Crippen LogP contribution in [0, 0.1) is 17.8 Å². The zero-order valence-electron chi connectivity index (χ0n) is 23.1. The summed E-state index contributed by atoms with van der Waals surface area (Å²) in [5, 5.41) is 13.0. The Hall–Kier alpha value is -2.12. The first kappa shape index (κ1) is 27.9. The Morgan fingerprint density at radius 2 is 1.78 bits per heavy atom. The highest BCUT2D eigenvalue weighted by atomic mass is 16.5. The molecule has 2 saturated carbocycles. The summed E-state index contributed by atoms with van der Waals surface area (Å²) in [7, 11) is 2.17. The number of anilines is 1. The van der Waals surface area contributed by atoms with Crippen LogP contribution in [0.15, 0.2) is 18.2 Å². The minimum atomic E-state index is -0.304. The molecule has 2 amide bonds. The summed E-state index contributed by atoms with van der Waals surface area (Å²) in [6.45, 7) is 6.28. The Labute approximate surface area is 222 Å². The molecule has 1 aromatic rings. The van der Waals surface area contributed by atoms with Crippen molar-refractivity contribution in [2.45, 2.75) is 90.2 Å². The molecule has 0 aromatic heterocycles. The largest absolute Gasteiger partial charge is 0.488 e.